The Morgan fingerprint density at radius 3 is 2.67 bits per heavy atom. The third-order valence-electron chi connectivity index (χ3n) is 14.6. The van der Waals surface area contributed by atoms with Gasteiger partial charge in [0.25, 0.3) is 0 Å². The molecule has 2 fully saturated rings. The molecule has 13 unspecified atom stereocenters. The highest BCUT2D eigenvalue weighted by molar-refractivity contribution is 8.76. The van der Waals surface area contributed by atoms with Gasteiger partial charge < -0.3 is 56.5 Å². The summed E-state index contributed by atoms with van der Waals surface area (Å²) in [7, 11) is 3.24. The van der Waals surface area contributed by atoms with Crippen molar-refractivity contribution in [3.05, 3.63) is 82.0 Å². The molecule has 3 heterocycles. The summed E-state index contributed by atoms with van der Waals surface area (Å²) >= 11 is 0. The first-order valence-electron chi connectivity index (χ1n) is 22.0. The van der Waals surface area contributed by atoms with E-state index in [1.54, 1.807) is 27.7 Å². The van der Waals surface area contributed by atoms with Crippen LogP contribution in [-0.4, -0.2) is 103 Å². The number of phenolic OH excluding ortho intramolecular Hbond substituents is 1. The van der Waals surface area contributed by atoms with Gasteiger partial charge in [-0.1, -0.05) is 58.1 Å². The summed E-state index contributed by atoms with van der Waals surface area (Å²) in [5.41, 5.74) is 12.3. The van der Waals surface area contributed by atoms with Crippen molar-refractivity contribution in [3.8, 4) is 23.3 Å². The fraction of sp³-hybridized carbons (Fsp3) is 0.617. The molecule has 1 saturated carbocycles. The normalized spacial score (nSPS) is 36.9. The first-order valence-corrected chi connectivity index (χ1v) is 24.5. The Balaban J connectivity index is 1.17. The van der Waals surface area contributed by atoms with Crippen LogP contribution in [0.4, 0.5) is 0 Å². The minimum absolute atomic E-state index is 0.0248. The molecule has 1 saturated heterocycles. The molecule has 2 aliphatic heterocycles. The van der Waals surface area contributed by atoms with Crippen LogP contribution in [0.5, 0.6) is 11.5 Å². The van der Waals surface area contributed by atoms with Crippen LogP contribution in [0.2, 0.25) is 0 Å². The van der Waals surface area contributed by atoms with E-state index in [2.05, 4.69) is 41.2 Å². The largest absolute Gasteiger partial charge is 0.504 e. The van der Waals surface area contributed by atoms with Gasteiger partial charge in [0.1, 0.15) is 11.9 Å². The van der Waals surface area contributed by atoms with Crippen LogP contribution in [0.15, 0.2) is 65.2 Å². The number of dihydropyridines is 1. The maximum atomic E-state index is 12.2. The molecule has 4 aliphatic carbocycles. The van der Waals surface area contributed by atoms with E-state index < -0.39 is 53.7 Å². The van der Waals surface area contributed by atoms with Gasteiger partial charge in [-0.05, 0) is 123 Å². The second-order valence-corrected chi connectivity index (χ2v) is 20.8. The van der Waals surface area contributed by atoms with Crippen molar-refractivity contribution in [2.45, 2.75) is 108 Å². The van der Waals surface area contributed by atoms with Gasteiger partial charge in [0, 0.05) is 77.8 Å². The van der Waals surface area contributed by atoms with Crippen molar-refractivity contribution < 1.29 is 40.5 Å². The van der Waals surface area contributed by atoms with Crippen molar-refractivity contribution in [1.82, 2.24) is 10.3 Å². The van der Waals surface area contributed by atoms with Gasteiger partial charge in [-0.3, -0.25) is 0 Å². The number of ether oxygens (including phenoxy) is 1. The van der Waals surface area contributed by atoms with Crippen LogP contribution in [0.1, 0.15) is 81.0 Å². The van der Waals surface area contributed by atoms with Crippen molar-refractivity contribution >= 4 is 21.6 Å². The van der Waals surface area contributed by atoms with Gasteiger partial charge in [-0.15, -0.1) is 0 Å². The zero-order valence-electron chi connectivity index (χ0n) is 34.5. The average molecular weight is 862 g/mol. The summed E-state index contributed by atoms with van der Waals surface area (Å²) < 4.78 is 6.85. The van der Waals surface area contributed by atoms with Gasteiger partial charge in [0.05, 0.1) is 24.4 Å². The number of nitrogens with two attached hydrogens (primary N) is 1. The molecule has 1 aromatic carbocycles. The lowest BCUT2D eigenvalue weighted by molar-refractivity contribution is -0.0419. The van der Waals surface area contributed by atoms with Gasteiger partial charge in [-0.25, -0.2) is 0 Å². The third-order valence-corrected chi connectivity index (χ3v) is 17.0. The fourth-order valence-corrected chi connectivity index (χ4v) is 13.9. The van der Waals surface area contributed by atoms with Gasteiger partial charge in [0.15, 0.2) is 11.5 Å². The lowest BCUT2D eigenvalue weighted by atomic mass is 9.70. The summed E-state index contributed by atoms with van der Waals surface area (Å²) in [6.45, 7) is 2.47. The number of aromatic nitrogens is 1. The van der Waals surface area contributed by atoms with E-state index in [9.17, 15) is 35.7 Å². The average Bonchev–Trinajstić information content (AvgIpc) is 3.63. The van der Waals surface area contributed by atoms with Crippen LogP contribution < -0.4 is 15.8 Å². The predicted octanol–water partition coefficient (Wildman–Crippen LogP) is 4.67. The van der Waals surface area contributed by atoms with Crippen molar-refractivity contribution in [3.63, 3.8) is 0 Å². The number of allylic oxidation sites excluding steroid dienone is 3. The highest BCUT2D eigenvalue weighted by Gasteiger charge is 2.47. The van der Waals surface area contributed by atoms with E-state index in [-0.39, 0.29) is 48.4 Å². The Bertz CT molecular complexity index is 1990. The van der Waals surface area contributed by atoms with E-state index in [1.807, 2.05) is 24.4 Å². The Labute approximate surface area is 361 Å². The number of phenols is 1. The van der Waals surface area contributed by atoms with E-state index in [1.165, 1.54) is 5.57 Å². The molecule has 0 amide bonds. The number of aromatic hydroxyl groups is 1. The van der Waals surface area contributed by atoms with E-state index in [0.29, 0.717) is 81.7 Å². The number of benzene rings is 1. The van der Waals surface area contributed by atoms with E-state index in [4.69, 9.17) is 10.5 Å². The van der Waals surface area contributed by atoms with Gasteiger partial charge in [-0.2, -0.15) is 0 Å². The second-order valence-electron chi connectivity index (χ2n) is 18.3. The zero-order valence-corrected chi connectivity index (χ0v) is 36.1. The van der Waals surface area contributed by atoms with Crippen LogP contribution in [0.25, 0.3) is 0 Å². The number of fused-ring (bicyclic) bond motifs is 8. The molecule has 0 radical (unpaired) electrons. The number of rotatable bonds is 8. The Morgan fingerprint density at radius 1 is 1.05 bits per heavy atom. The molecule has 6 aliphatic rings. The van der Waals surface area contributed by atoms with Gasteiger partial charge >= 0.3 is 0 Å². The number of aliphatic hydroxyl groups is 6. The van der Waals surface area contributed by atoms with Gasteiger partial charge in [0.2, 0.25) is 0 Å². The maximum absolute atomic E-state index is 12.2. The molecule has 0 spiro atoms. The minimum atomic E-state index is -1.05. The molecule has 8 rings (SSSR count). The fourth-order valence-electron chi connectivity index (χ4n) is 11.4. The highest BCUT2D eigenvalue weighted by atomic mass is 33.1. The van der Waals surface area contributed by atoms with Crippen molar-refractivity contribution in [2.75, 3.05) is 31.3 Å². The second kappa shape index (κ2) is 18.7. The molecular formula is C47H63N3O8S2. The standard InChI is InChI=1S/C47H63N3O8S2/c1-2-26-14-29-18-39(54)41(58-42-19-30(15-32-4-3-11-49-32)34-7-12-50-46(48)38(34)25-60-59-24-31(23-52)44(42)56)21-36(29)37-20-40(55)43-27(17-35(26)37)5-8-47(10-13-51)9-6-28(45(43)57)16-33(53)22-47/h3-4,7,11,17-18,21,26-28,30-31,33,37,40,42-45,49-57H,2,6,9-10,12-16,19-20,22-25,48H2,1H3. The summed E-state index contributed by atoms with van der Waals surface area (Å²) in [4.78, 5) is 3.35. The molecule has 13 atom stereocenters. The lowest BCUT2D eigenvalue weighted by Crippen LogP contribution is -2.42. The predicted molar refractivity (Wildman–Crippen MR) is 236 cm³/mol. The number of hydrogen-bond donors (Lipinski definition) is 10. The Hall–Kier alpha value is -3.06. The first kappa shape index (κ1) is 43.6. The third kappa shape index (κ3) is 8.91. The molecule has 326 valence electrons. The molecule has 60 heavy (non-hydrogen) atoms. The smallest absolute Gasteiger partial charge is 0.161 e. The molecule has 2 bridgehead atoms. The monoisotopic (exact) mass is 861 g/mol. The highest BCUT2D eigenvalue weighted by Crippen LogP contribution is 2.52. The number of nitrogens with one attached hydrogen (secondary N) is 2. The van der Waals surface area contributed by atoms with Crippen LogP contribution in [-0.2, 0) is 12.8 Å². The summed E-state index contributed by atoms with van der Waals surface area (Å²) in [5.74, 6) is 7.17. The summed E-state index contributed by atoms with van der Waals surface area (Å²) in [6.07, 6.45) is 7.59. The summed E-state index contributed by atoms with van der Waals surface area (Å²) in [5, 5.41) is 83.3. The molecule has 11 nitrogen and oxygen atoms in total. The number of H-pyrrole nitrogens is 1. The maximum Gasteiger partial charge on any atom is 0.161 e. The Kier molecular flexibility index (Phi) is 13.6. The molecule has 11 N–H and O–H groups in total. The topological polar surface area (TPSA) is 205 Å². The number of aromatic amines is 1. The Morgan fingerprint density at radius 2 is 1.90 bits per heavy atom. The van der Waals surface area contributed by atoms with Crippen molar-refractivity contribution in [2.24, 2.45) is 46.7 Å². The number of hydrogen-bond acceptors (Lipinski definition) is 12. The molecule has 13 heteroatoms. The zero-order chi connectivity index (χ0) is 42.1. The minimum Gasteiger partial charge on any atom is -0.504 e. The quantitative estimate of drug-likeness (QED) is 0.100. The van der Waals surface area contributed by atoms with E-state index >= 15 is 0 Å². The van der Waals surface area contributed by atoms with Crippen molar-refractivity contribution in [1.29, 1.82) is 0 Å². The van der Waals surface area contributed by atoms with Crippen LogP contribution in [0.3, 0.4) is 0 Å². The molecule has 2 aromatic rings. The molecule has 1 aromatic heterocycles. The van der Waals surface area contributed by atoms with Crippen LogP contribution >= 0.6 is 21.6 Å². The lowest BCUT2D eigenvalue weighted by Gasteiger charge is -2.37. The van der Waals surface area contributed by atoms with Crippen LogP contribution in [0, 0.1) is 52.8 Å². The van der Waals surface area contributed by atoms with E-state index in [0.717, 1.165) is 34.4 Å². The first-order chi connectivity index (χ1) is 29.0. The summed E-state index contributed by atoms with van der Waals surface area (Å²) in [6, 6.07) is 7.70. The SMILES string of the molecule is CCC1Cc2cc(O)c(OC3CC(Cc4ccc[nH]4)C4=CCNC(N)=C4CSSCC(CO)C3O)cc2C2CC(O)C3C(C#CC4(CCO)CCC(CC(O)C4)C3O)C=C12. The molecular weight excluding hydrogens is 799 g/mol. The number of aliphatic hydroxyl groups excluding tert-OH is 6.